The van der Waals surface area contributed by atoms with Crippen LogP contribution in [0, 0.1) is 0 Å². The lowest BCUT2D eigenvalue weighted by Gasteiger charge is -2.04. The molecule has 2 aromatic rings. The van der Waals surface area contributed by atoms with Gasteiger partial charge in [-0.15, -0.1) is 0 Å². The Morgan fingerprint density at radius 2 is 2.38 bits per heavy atom. The highest BCUT2D eigenvalue weighted by atomic mass is 32.1. The summed E-state index contributed by atoms with van der Waals surface area (Å²) in [6.45, 7) is 0. The minimum atomic E-state index is 0.358. The summed E-state index contributed by atoms with van der Waals surface area (Å²) in [5.74, 6) is 0.693. The summed E-state index contributed by atoms with van der Waals surface area (Å²) in [6, 6.07) is 3.58. The summed E-state index contributed by atoms with van der Waals surface area (Å²) in [6.07, 6.45) is 5.23. The van der Waals surface area contributed by atoms with E-state index in [4.69, 9.17) is 18.0 Å². The van der Waals surface area contributed by atoms with Crippen LogP contribution in [0.5, 0.6) is 0 Å². The van der Waals surface area contributed by atoms with Crippen LogP contribution in [0.1, 0.15) is 5.56 Å². The predicted molar refractivity (Wildman–Crippen MR) is 66.6 cm³/mol. The number of nitrogens with one attached hydrogen (secondary N) is 1. The molecule has 0 spiro atoms. The van der Waals surface area contributed by atoms with E-state index in [9.17, 15) is 0 Å². The molecule has 0 bridgehead atoms. The smallest absolute Gasteiger partial charge is 0.131 e. The first-order chi connectivity index (χ1) is 7.65. The first-order valence-corrected chi connectivity index (χ1v) is 5.07. The second kappa shape index (κ2) is 4.28. The Morgan fingerprint density at radius 1 is 1.56 bits per heavy atom. The minimum absolute atomic E-state index is 0.358. The number of pyridine rings is 1. The van der Waals surface area contributed by atoms with E-state index in [2.05, 4.69) is 15.4 Å². The Labute approximate surface area is 98.3 Å². The van der Waals surface area contributed by atoms with E-state index in [1.165, 1.54) is 0 Å². The zero-order valence-corrected chi connectivity index (χ0v) is 9.53. The summed E-state index contributed by atoms with van der Waals surface area (Å²) in [7, 11) is 1.85. The summed E-state index contributed by atoms with van der Waals surface area (Å²) in [4.78, 5) is 4.52. The van der Waals surface area contributed by atoms with E-state index in [1.807, 2.05) is 13.2 Å². The van der Waals surface area contributed by atoms with Gasteiger partial charge in [0.15, 0.2) is 0 Å². The predicted octanol–water partition coefficient (Wildman–Crippen LogP) is 1.19. The maximum atomic E-state index is 5.54. The molecule has 0 aromatic carbocycles. The van der Waals surface area contributed by atoms with Gasteiger partial charge in [0.05, 0.1) is 11.9 Å². The molecule has 0 aliphatic rings. The lowest BCUT2D eigenvalue weighted by molar-refractivity contribution is 0.768. The molecule has 0 fully saturated rings. The summed E-state index contributed by atoms with van der Waals surface area (Å²) in [5.41, 5.74) is 7.20. The van der Waals surface area contributed by atoms with E-state index in [0.29, 0.717) is 10.8 Å². The first-order valence-electron chi connectivity index (χ1n) is 4.66. The van der Waals surface area contributed by atoms with Crippen LogP contribution in [-0.4, -0.2) is 19.8 Å². The van der Waals surface area contributed by atoms with Crippen molar-refractivity contribution in [3.05, 3.63) is 36.3 Å². The van der Waals surface area contributed by atoms with Crippen LogP contribution in [0.2, 0.25) is 0 Å². The second-order valence-corrected chi connectivity index (χ2v) is 3.76. The molecule has 0 aliphatic heterocycles. The van der Waals surface area contributed by atoms with Gasteiger partial charge in [-0.1, -0.05) is 12.2 Å². The lowest BCUT2D eigenvalue weighted by atomic mass is 10.2. The molecule has 0 amide bonds. The minimum Gasteiger partial charge on any atom is -0.389 e. The Kier molecular flexibility index (Phi) is 2.82. The summed E-state index contributed by atoms with van der Waals surface area (Å²) >= 11 is 4.90. The molecular formula is C10H11N5S. The average Bonchev–Trinajstić information content (AvgIpc) is 2.64. The fourth-order valence-electron chi connectivity index (χ4n) is 1.29. The highest BCUT2D eigenvalue weighted by Crippen LogP contribution is 2.13. The SMILES string of the molecule is Cn1cc(Nc2cc(C(N)=S)ccn2)cn1. The standard InChI is InChI=1S/C10H11N5S/c1-15-6-8(5-13-15)14-9-4-7(10(11)16)2-3-12-9/h2-6H,1H3,(H2,11,16)(H,12,14). The van der Waals surface area contributed by atoms with Crippen molar-refractivity contribution in [1.29, 1.82) is 0 Å². The molecule has 6 heteroatoms. The number of hydrogen-bond acceptors (Lipinski definition) is 4. The van der Waals surface area contributed by atoms with Gasteiger partial charge >= 0.3 is 0 Å². The number of nitrogens with two attached hydrogens (primary N) is 1. The van der Waals surface area contributed by atoms with Crippen LogP contribution in [0.4, 0.5) is 11.5 Å². The normalized spacial score (nSPS) is 10.1. The lowest BCUT2D eigenvalue weighted by Crippen LogP contribution is -2.09. The van der Waals surface area contributed by atoms with E-state index in [0.717, 1.165) is 11.3 Å². The highest BCUT2D eigenvalue weighted by molar-refractivity contribution is 7.80. The van der Waals surface area contributed by atoms with Gasteiger partial charge in [0.2, 0.25) is 0 Å². The van der Waals surface area contributed by atoms with Crippen LogP contribution in [-0.2, 0) is 7.05 Å². The maximum absolute atomic E-state index is 5.54. The number of thiocarbonyl (C=S) groups is 1. The van der Waals surface area contributed by atoms with Crippen LogP contribution >= 0.6 is 12.2 Å². The van der Waals surface area contributed by atoms with E-state index in [1.54, 1.807) is 29.2 Å². The second-order valence-electron chi connectivity index (χ2n) is 3.32. The van der Waals surface area contributed by atoms with E-state index in [-0.39, 0.29) is 0 Å². The third kappa shape index (κ3) is 2.34. The monoisotopic (exact) mass is 233 g/mol. The fourth-order valence-corrected chi connectivity index (χ4v) is 1.41. The molecule has 0 unspecified atom stereocenters. The van der Waals surface area contributed by atoms with Gasteiger partial charge in [-0.3, -0.25) is 4.68 Å². The third-order valence-corrected chi connectivity index (χ3v) is 2.26. The quantitative estimate of drug-likeness (QED) is 0.779. The van der Waals surface area contributed by atoms with Crippen LogP contribution in [0.15, 0.2) is 30.7 Å². The molecular weight excluding hydrogens is 222 g/mol. The molecule has 2 rings (SSSR count). The molecule has 16 heavy (non-hydrogen) atoms. The Balaban J connectivity index is 2.21. The Hall–Kier alpha value is -1.95. The van der Waals surface area contributed by atoms with Crippen LogP contribution in [0.25, 0.3) is 0 Å². The molecule has 0 atom stereocenters. The number of nitrogens with zero attached hydrogens (tertiary/aromatic N) is 3. The van der Waals surface area contributed by atoms with Gasteiger partial charge in [0, 0.05) is 25.0 Å². The van der Waals surface area contributed by atoms with Crippen molar-refractivity contribution < 1.29 is 0 Å². The van der Waals surface area contributed by atoms with Gasteiger partial charge in [0.25, 0.3) is 0 Å². The Morgan fingerprint density at radius 3 is 3.00 bits per heavy atom. The van der Waals surface area contributed by atoms with Crippen molar-refractivity contribution in [2.24, 2.45) is 12.8 Å². The number of rotatable bonds is 3. The molecule has 2 heterocycles. The molecule has 0 aliphatic carbocycles. The summed E-state index contributed by atoms with van der Waals surface area (Å²) in [5, 5.41) is 7.16. The van der Waals surface area contributed by atoms with Crippen molar-refractivity contribution in [3.63, 3.8) is 0 Å². The van der Waals surface area contributed by atoms with Gasteiger partial charge in [-0.05, 0) is 12.1 Å². The summed E-state index contributed by atoms with van der Waals surface area (Å²) < 4.78 is 1.71. The average molecular weight is 233 g/mol. The fraction of sp³-hybridized carbons (Fsp3) is 0.100. The van der Waals surface area contributed by atoms with Crippen molar-refractivity contribution in [1.82, 2.24) is 14.8 Å². The molecule has 5 nitrogen and oxygen atoms in total. The topological polar surface area (TPSA) is 68.8 Å². The van der Waals surface area contributed by atoms with Gasteiger partial charge in [-0.2, -0.15) is 5.10 Å². The molecule has 3 N–H and O–H groups in total. The molecule has 0 saturated carbocycles. The van der Waals surface area contributed by atoms with Gasteiger partial charge < -0.3 is 11.1 Å². The molecule has 82 valence electrons. The zero-order valence-electron chi connectivity index (χ0n) is 8.71. The molecule has 0 saturated heterocycles. The van der Waals surface area contributed by atoms with Gasteiger partial charge in [-0.25, -0.2) is 4.98 Å². The Bertz CT molecular complexity index is 519. The number of hydrogen-bond donors (Lipinski definition) is 2. The third-order valence-electron chi connectivity index (χ3n) is 2.02. The van der Waals surface area contributed by atoms with Crippen LogP contribution in [0.3, 0.4) is 0 Å². The van der Waals surface area contributed by atoms with Crippen molar-refractivity contribution in [2.75, 3.05) is 5.32 Å². The van der Waals surface area contributed by atoms with E-state index < -0.39 is 0 Å². The number of aryl methyl sites for hydroxylation is 1. The molecule has 0 radical (unpaired) electrons. The van der Waals surface area contributed by atoms with E-state index >= 15 is 0 Å². The largest absolute Gasteiger partial charge is 0.389 e. The number of aromatic nitrogens is 3. The van der Waals surface area contributed by atoms with Crippen LogP contribution < -0.4 is 11.1 Å². The van der Waals surface area contributed by atoms with Gasteiger partial charge in [0.1, 0.15) is 10.8 Å². The maximum Gasteiger partial charge on any atom is 0.131 e. The van der Waals surface area contributed by atoms with Crippen molar-refractivity contribution >= 4 is 28.7 Å². The van der Waals surface area contributed by atoms with Crippen molar-refractivity contribution in [2.45, 2.75) is 0 Å². The molecule has 2 aromatic heterocycles. The highest BCUT2D eigenvalue weighted by Gasteiger charge is 2.01. The zero-order chi connectivity index (χ0) is 11.5. The van der Waals surface area contributed by atoms with Crippen molar-refractivity contribution in [3.8, 4) is 0 Å². The number of anilines is 2. The first kappa shape index (κ1) is 10.6.